The van der Waals surface area contributed by atoms with Crippen LogP contribution in [0, 0.1) is 0 Å². The van der Waals surface area contributed by atoms with E-state index >= 15 is 0 Å². The van der Waals surface area contributed by atoms with Crippen molar-refractivity contribution in [3.05, 3.63) is 24.3 Å². The van der Waals surface area contributed by atoms with Gasteiger partial charge in [-0.05, 0) is 130 Å². The van der Waals surface area contributed by atoms with Crippen LogP contribution in [0.1, 0.15) is 173 Å². The van der Waals surface area contributed by atoms with Crippen molar-refractivity contribution >= 4 is 17.9 Å². The summed E-state index contributed by atoms with van der Waals surface area (Å²) >= 11 is 0. The first-order valence-corrected chi connectivity index (χ1v) is 19.4. The molecule has 47 heavy (non-hydrogen) atoms. The lowest BCUT2D eigenvalue weighted by Gasteiger charge is -2.18. The average Bonchev–Trinajstić information content (AvgIpc) is 3.03. The van der Waals surface area contributed by atoms with Gasteiger partial charge in [-0.15, -0.1) is 0 Å². The van der Waals surface area contributed by atoms with Crippen molar-refractivity contribution < 1.29 is 28.6 Å². The van der Waals surface area contributed by atoms with Crippen molar-refractivity contribution in [3.8, 4) is 0 Å². The Morgan fingerprint density at radius 3 is 1.43 bits per heavy atom. The number of allylic oxidation sites excluding steroid dienone is 4. The van der Waals surface area contributed by atoms with Crippen LogP contribution in [0.25, 0.3) is 0 Å². The third-order valence-corrected chi connectivity index (χ3v) is 8.76. The molecule has 0 unspecified atom stereocenters. The SMILES string of the molecule is CN(C)CCCC(=O)OC1CCCCCCCCC=CCCCCCOC(=O)CC(=O)OCCCCCC=CCCCCCCCC1. The third kappa shape index (κ3) is 30.9. The Morgan fingerprint density at radius 1 is 0.617 bits per heavy atom. The Hall–Kier alpha value is -2.15. The molecule has 0 saturated carbocycles. The number of esters is 3. The molecule has 0 bridgehead atoms. The van der Waals surface area contributed by atoms with E-state index in [-0.39, 0.29) is 18.5 Å². The molecule has 0 N–H and O–H groups in total. The summed E-state index contributed by atoms with van der Waals surface area (Å²) in [5, 5.41) is 0. The summed E-state index contributed by atoms with van der Waals surface area (Å²) in [5.41, 5.74) is 0. The van der Waals surface area contributed by atoms with Crippen molar-refractivity contribution in [2.24, 2.45) is 0 Å². The highest BCUT2D eigenvalue weighted by molar-refractivity contribution is 5.91. The van der Waals surface area contributed by atoms with E-state index in [9.17, 15) is 14.4 Å². The minimum Gasteiger partial charge on any atom is -0.465 e. The van der Waals surface area contributed by atoms with Gasteiger partial charge in [-0.2, -0.15) is 0 Å². The van der Waals surface area contributed by atoms with Crippen LogP contribution in [0.2, 0.25) is 0 Å². The highest BCUT2D eigenvalue weighted by Gasteiger charge is 2.15. The Labute approximate surface area is 288 Å². The molecule has 7 nitrogen and oxygen atoms in total. The summed E-state index contributed by atoms with van der Waals surface area (Å²) in [4.78, 5) is 38.4. The second-order valence-electron chi connectivity index (χ2n) is 13.7. The number of hydrogen-bond donors (Lipinski definition) is 0. The molecule has 0 saturated heterocycles. The van der Waals surface area contributed by atoms with Crippen molar-refractivity contribution in [2.45, 2.75) is 179 Å². The molecule has 0 aromatic heterocycles. The molecular formula is C40H71NO6. The van der Waals surface area contributed by atoms with Crippen molar-refractivity contribution in [1.82, 2.24) is 4.90 Å². The second kappa shape index (κ2) is 32.4. The van der Waals surface area contributed by atoms with Gasteiger partial charge >= 0.3 is 17.9 Å². The van der Waals surface area contributed by atoms with E-state index in [2.05, 4.69) is 29.2 Å². The van der Waals surface area contributed by atoms with Crippen LogP contribution >= 0.6 is 0 Å². The van der Waals surface area contributed by atoms with E-state index in [0.29, 0.717) is 19.6 Å². The zero-order valence-electron chi connectivity index (χ0n) is 30.5. The highest BCUT2D eigenvalue weighted by Crippen LogP contribution is 2.18. The van der Waals surface area contributed by atoms with Gasteiger partial charge in [0.1, 0.15) is 12.5 Å². The molecule has 272 valence electrons. The van der Waals surface area contributed by atoms with E-state index in [1.54, 1.807) is 0 Å². The Morgan fingerprint density at radius 2 is 1.00 bits per heavy atom. The highest BCUT2D eigenvalue weighted by atomic mass is 16.6. The molecule has 1 aliphatic heterocycles. The molecule has 7 heteroatoms. The summed E-state index contributed by atoms with van der Waals surface area (Å²) in [6, 6.07) is 0. The molecule has 1 rings (SSSR count). The van der Waals surface area contributed by atoms with E-state index in [4.69, 9.17) is 14.2 Å². The van der Waals surface area contributed by atoms with E-state index < -0.39 is 11.9 Å². The van der Waals surface area contributed by atoms with Crippen LogP contribution in [0.3, 0.4) is 0 Å². The fraction of sp³-hybridized carbons (Fsp3) is 0.825. The Bertz CT molecular complexity index is 772. The molecule has 0 atom stereocenters. The summed E-state index contributed by atoms with van der Waals surface area (Å²) < 4.78 is 16.4. The van der Waals surface area contributed by atoms with Gasteiger partial charge in [0.2, 0.25) is 0 Å². The van der Waals surface area contributed by atoms with Gasteiger partial charge in [0, 0.05) is 6.42 Å². The molecule has 1 heterocycles. The zero-order chi connectivity index (χ0) is 34.0. The lowest BCUT2D eigenvalue weighted by Crippen LogP contribution is -2.20. The minimum absolute atomic E-state index is 0.0194. The third-order valence-electron chi connectivity index (χ3n) is 8.76. The van der Waals surface area contributed by atoms with Gasteiger partial charge in [-0.1, -0.05) is 75.7 Å². The zero-order valence-corrected chi connectivity index (χ0v) is 30.5. The van der Waals surface area contributed by atoms with Gasteiger partial charge in [-0.3, -0.25) is 14.4 Å². The van der Waals surface area contributed by atoms with Crippen molar-refractivity contribution in [3.63, 3.8) is 0 Å². The first-order valence-electron chi connectivity index (χ1n) is 19.4. The van der Waals surface area contributed by atoms with Crippen LogP contribution in [0.4, 0.5) is 0 Å². The summed E-state index contributed by atoms with van der Waals surface area (Å²) in [7, 11) is 4.09. The maximum Gasteiger partial charge on any atom is 0.317 e. The standard InChI is InChI=1S/C40H71NO6/c1-41(2)33-29-32-38(42)47-37-30-25-21-17-13-9-5-3-7-11-15-19-23-27-34-45-39(43)36-40(44)46-35-28-24-20-16-12-8-4-6-10-14-18-22-26-31-37/h7-8,11-12,37H,3-6,9-10,13-36H2,1-2H3. The molecule has 0 fully saturated rings. The molecule has 1 aliphatic rings. The number of hydrogen-bond acceptors (Lipinski definition) is 7. The van der Waals surface area contributed by atoms with Crippen LogP contribution in [0.5, 0.6) is 0 Å². The number of rotatable bonds is 5. The number of cyclic esters (lactones) is 2. The predicted molar refractivity (Wildman–Crippen MR) is 193 cm³/mol. The van der Waals surface area contributed by atoms with Gasteiger partial charge in [0.15, 0.2) is 0 Å². The molecule has 0 radical (unpaired) electrons. The Kier molecular flexibility index (Phi) is 29.6. The van der Waals surface area contributed by atoms with E-state index in [1.165, 1.54) is 64.2 Å². The topological polar surface area (TPSA) is 82.1 Å². The van der Waals surface area contributed by atoms with Crippen molar-refractivity contribution in [1.29, 1.82) is 0 Å². The second-order valence-corrected chi connectivity index (χ2v) is 13.7. The summed E-state index contributed by atoms with van der Waals surface area (Å²) in [6.07, 6.45) is 37.3. The maximum atomic E-state index is 12.5. The molecule has 0 aliphatic carbocycles. The van der Waals surface area contributed by atoms with Crippen LogP contribution in [0.15, 0.2) is 24.3 Å². The number of carbonyl (C=O) groups excluding carboxylic acids is 3. The van der Waals surface area contributed by atoms with E-state index in [0.717, 1.165) is 103 Å². The van der Waals surface area contributed by atoms with Gasteiger partial charge in [0.25, 0.3) is 0 Å². The molecule has 0 spiro atoms. The lowest BCUT2D eigenvalue weighted by molar-refractivity contribution is -0.155. The van der Waals surface area contributed by atoms with Crippen LogP contribution in [-0.4, -0.2) is 62.8 Å². The number of nitrogens with zero attached hydrogens (tertiary/aromatic N) is 1. The number of ether oxygens (including phenoxy) is 3. The van der Waals surface area contributed by atoms with Gasteiger partial charge < -0.3 is 19.1 Å². The molecular weight excluding hydrogens is 590 g/mol. The smallest absolute Gasteiger partial charge is 0.317 e. The average molecular weight is 662 g/mol. The van der Waals surface area contributed by atoms with Gasteiger partial charge in [-0.25, -0.2) is 0 Å². The van der Waals surface area contributed by atoms with E-state index in [1.807, 2.05) is 14.1 Å². The Balaban J connectivity index is 2.41. The van der Waals surface area contributed by atoms with Gasteiger partial charge in [0.05, 0.1) is 13.2 Å². The lowest BCUT2D eigenvalue weighted by atomic mass is 10.0. The first-order chi connectivity index (χ1) is 23.0. The summed E-state index contributed by atoms with van der Waals surface area (Å²) in [6.45, 7) is 1.66. The fourth-order valence-electron chi connectivity index (χ4n) is 5.87. The summed E-state index contributed by atoms with van der Waals surface area (Å²) in [5.74, 6) is -0.992. The fourth-order valence-corrected chi connectivity index (χ4v) is 5.87. The predicted octanol–water partition coefficient (Wildman–Crippen LogP) is 10.2. The first kappa shape index (κ1) is 42.9. The molecule has 0 aromatic carbocycles. The monoisotopic (exact) mass is 662 g/mol. The van der Waals surface area contributed by atoms with Crippen molar-refractivity contribution in [2.75, 3.05) is 33.9 Å². The minimum atomic E-state index is -0.486. The number of carbonyl (C=O) groups is 3. The molecule has 0 amide bonds. The molecule has 0 aromatic rings. The van der Waals surface area contributed by atoms with Crippen LogP contribution in [-0.2, 0) is 28.6 Å². The maximum absolute atomic E-state index is 12.5. The largest absolute Gasteiger partial charge is 0.465 e. The quantitative estimate of drug-likeness (QED) is 0.125. The normalized spacial score (nSPS) is 21.8. The van der Waals surface area contributed by atoms with Crippen LogP contribution < -0.4 is 0 Å².